The van der Waals surface area contributed by atoms with Crippen molar-refractivity contribution in [1.82, 2.24) is 20.2 Å². The molecule has 8 nitrogen and oxygen atoms in total. The molecule has 1 saturated heterocycles. The van der Waals surface area contributed by atoms with E-state index in [0.717, 1.165) is 32.3 Å². The van der Waals surface area contributed by atoms with Crippen LogP contribution in [0.2, 0.25) is 0 Å². The van der Waals surface area contributed by atoms with Crippen LogP contribution in [0.15, 0.2) is 6.33 Å². The van der Waals surface area contributed by atoms with Crippen molar-refractivity contribution in [2.24, 2.45) is 0 Å². The maximum Gasteiger partial charge on any atom is 0.354 e. The first-order chi connectivity index (χ1) is 9.59. The van der Waals surface area contributed by atoms with Crippen LogP contribution in [0, 0.1) is 0 Å². The number of carbonyl (C=O) groups excluding carboxylic acids is 2. The van der Waals surface area contributed by atoms with Gasteiger partial charge in [0.1, 0.15) is 0 Å². The summed E-state index contributed by atoms with van der Waals surface area (Å²) in [5.74, 6) is -1.85. The van der Waals surface area contributed by atoms with Gasteiger partial charge in [-0.3, -0.25) is 9.59 Å². The molecule has 20 heavy (non-hydrogen) atoms. The van der Waals surface area contributed by atoms with Gasteiger partial charge in [0.25, 0.3) is 5.91 Å². The Kier molecular flexibility index (Phi) is 4.34. The molecule has 1 aromatic heterocycles. The molecular weight excluding hydrogens is 264 g/mol. The molecule has 0 saturated carbocycles. The lowest BCUT2D eigenvalue weighted by Gasteiger charge is -2.14. The molecule has 2 heterocycles. The van der Waals surface area contributed by atoms with Crippen molar-refractivity contribution in [2.45, 2.75) is 19.3 Å². The highest BCUT2D eigenvalue weighted by molar-refractivity contribution is 6.02. The van der Waals surface area contributed by atoms with Gasteiger partial charge in [0.15, 0.2) is 11.4 Å². The molecule has 0 atom stereocenters. The van der Waals surface area contributed by atoms with E-state index in [9.17, 15) is 14.4 Å². The third-order valence-electron chi connectivity index (χ3n) is 3.15. The Morgan fingerprint density at radius 3 is 2.70 bits per heavy atom. The highest BCUT2D eigenvalue weighted by Gasteiger charge is 2.21. The van der Waals surface area contributed by atoms with Gasteiger partial charge in [-0.05, 0) is 12.8 Å². The third kappa shape index (κ3) is 3.14. The van der Waals surface area contributed by atoms with Crippen molar-refractivity contribution in [3.8, 4) is 0 Å². The fourth-order valence-corrected chi connectivity index (χ4v) is 2.12. The molecule has 0 bridgehead atoms. The molecule has 1 aromatic rings. The number of aromatic carboxylic acids is 1. The molecule has 1 aliphatic heterocycles. The smallest absolute Gasteiger partial charge is 0.354 e. The van der Waals surface area contributed by atoms with E-state index in [1.165, 1.54) is 0 Å². The Hall–Kier alpha value is -2.38. The van der Waals surface area contributed by atoms with Gasteiger partial charge in [-0.2, -0.15) is 0 Å². The molecule has 3 N–H and O–H groups in total. The topological polar surface area (TPSA) is 115 Å². The quantitative estimate of drug-likeness (QED) is 0.693. The van der Waals surface area contributed by atoms with Gasteiger partial charge in [-0.25, -0.2) is 9.78 Å². The second-order valence-corrected chi connectivity index (χ2v) is 4.53. The normalized spacial score (nSPS) is 14.3. The molecule has 2 amide bonds. The lowest BCUT2D eigenvalue weighted by atomic mass is 10.3. The van der Waals surface area contributed by atoms with E-state index in [1.807, 2.05) is 0 Å². The fourth-order valence-electron chi connectivity index (χ4n) is 2.12. The second kappa shape index (κ2) is 6.18. The number of rotatable bonds is 5. The zero-order valence-electron chi connectivity index (χ0n) is 10.9. The zero-order valence-corrected chi connectivity index (χ0v) is 10.9. The summed E-state index contributed by atoms with van der Waals surface area (Å²) in [5.41, 5.74) is -0.431. The summed E-state index contributed by atoms with van der Waals surface area (Å²) in [6, 6.07) is 0. The minimum Gasteiger partial charge on any atom is -0.477 e. The number of likely N-dealkylation sites (tertiary alicyclic amines) is 1. The van der Waals surface area contributed by atoms with Crippen LogP contribution in [0.5, 0.6) is 0 Å². The first-order valence-electron chi connectivity index (χ1n) is 6.42. The molecule has 2 rings (SSSR count). The SMILES string of the molecule is O=C(NCCC(=O)N1CCCC1)c1nc[nH]c1C(=O)O. The van der Waals surface area contributed by atoms with E-state index >= 15 is 0 Å². The summed E-state index contributed by atoms with van der Waals surface area (Å²) in [6.45, 7) is 1.71. The van der Waals surface area contributed by atoms with Crippen LogP contribution in [-0.2, 0) is 4.79 Å². The summed E-state index contributed by atoms with van der Waals surface area (Å²) in [6.07, 6.45) is 3.40. The number of aromatic amines is 1. The number of nitrogens with zero attached hydrogens (tertiary/aromatic N) is 2. The Morgan fingerprint density at radius 1 is 1.35 bits per heavy atom. The first kappa shape index (κ1) is 14.0. The molecule has 0 spiro atoms. The average molecular weight is 280 g/mol. The van der Waals surface area contributed by atoms with Gasteiger partial charge in [-0.15, -0.1) is 0 Å². The van der Waals surface area contributed by atoms with Crippen molar-refractivity contribution >= 4 is 17.8 Å². The number of aromatic nitrogens is 2. The van der Waals surface area contributed by atoms with Crippen LogP contribution >= 0.6 is 0 Å². The van der Waals surface area contributed by atoms with Crippen LogP contribution in [0.25, 0.3) is 0 Å². The number of H-pyrrole nitrogens is 1. The summed E-state index contributed by atoms with van der Waals surface area (Å²) in [4.78, 5) is 42.1. The molecular formula is C12H16N4O4. The Labute approximate surface area is 115 Å². The molecule has 0 radical (unpaired) electrons. The Bertz CT molecular complexity index is 519. The van der Waals surface area contributed by atoms with Crippen LogP contribution in [0.3, 0.4) is 0 Å². The van der Waals surface area contributed by atoms with E-state index in [2.05, 4.69) is 15.3 Å². The number of carboxylic acids is 1. The molecule has 0 unspecified atom stereocenters. The average Bonchev–Trinajstić information content (AvgIpc) is 3.09. The van der Waals surface area contributed by atoms with Crippen molar-refractivity contribution in [1.29, 1.82) is 0 Å². The second-order valence-electron chi connectivity index (χ2n) is 4.53. The maximum absolute atomic E-state index is 11.8. The Balaban J connectivity index is 1.81. The Morgan fingerprint density at radius 2 is 2.05 bits per heavy atom. The summed E-state index contributed by atoms with van der Waals surface area (Å²) < 4.78 is 0. The fraction of sp³-hybridized carbons (Fsp3) is 0.500. The number of amides is 2. The molecule has 1 fully saturated rings. The number of carbonyl (C=O) groups is 3. The third-order valence-corrected chi connectivity index (χ3v) is 3.15. The minimum atomic E-state index is -1.25. The van der Waals surface area contributed by atoms with Gasteiger partial charge in [0.2, 0.25) is 5.91 Å². The van der Waals surface area contributed by atoms with E-state index in [1.54, 1.807) is 4.90 Å². The lowest BCUT2D eigenvalue weighted by Crippen LogP contribution is -2.33. The van der Waals surface area contributed by atoms with Crippen LogP contribution in [-0.4, -0.2) is 57.4 Å². The molecule has 0 aromatic carbocycles. The molecule has 8 heteroatoms. The predicted octanol–water partition coefficient (Wildman–Crippen LogP) is -0.150. The molecule has 108 valence electrons. The van der Waals surface area contributed by atoms with Crippen LogP contribution in [0.1, 0.15) is 40.2 Å². The summed E-state index contributed by atoms with van der Waals surface area (Å²) in [7, 11) is 0. The number of carboxylic acid groups (broad SMARTS) is 1. The van der Waals surface area contributed by atoms with Gasteiger partial charge in [0.05, 0.1) is 6.33 Å². The molecule has 1 aliphatic rings. The largest absolute Gasteiger partial charge is 0.477 e. The summed E-state index contributed by atoms with van der Waals surface area (Å²) >= 11 is 0. The van der Waals surface area contributed by atoms with E-state index < -0.39 is 11.9 Å². The van der Waals surface area contributed by atoms with Gasteiger partial charge in [0, 0.05) is 26.1 Å². The maximum atomic E-state index is 11.8. The standard InChI is InChI=1S/C12H16N4O4/c17-8(16-5-1-2-6-16)3-4-13-11(18)9-10(12(19)20)15-7-14-9/h7H,1-6H2,(H,13,18)(H,14,15)(H,19,20). The number of hydrogen-bond donors (Lipinski definition) is 3. The van der Waals surface area contributed by atoms with Crippen LogP contribution in [0.4, 0.5) is 0 Å². The van der Waals surface area contributed by atoms with Gasteiger partial charge >= 0.3 is 5.97 Å². The first-order valence-corrected chi connectivity index (χ1v) is 6.42. The van der Waals surface area contributed by atoms with Crippen molar-refractivity contribution in [2.75, 3.05) is 19.6 Å². The van der Waals surface area contributed by atoms with Crippen LogP contribution < -0.4 is 5.32 Å². The molecule has 0 aliphatic carbocycles. The van der Waals surface area contributed by atoms with Gasteiger partial charge < -0.3 is 20.3 Å². The number of hydrogen-bond acceptors (Lipinski definition) is 4. The monoisotopic (exact) mass is 280 g/mol. The minimum absolute atomic E-state index is 0.00304. The highest BCUT2D eigenvalue weighted by atomic mass is 16.4. The predicted molar refractivity (Wildman–Crippen MR) is 68.3 cm³/mol. The number of imidazole rings is 1. The van der Waals surface area contributed by atoms with Crippen molar-refractivity contribution in [3.05, 3.63) is 17.7 Å². The number of nitrogens with one attached hydrogen (secondary N) is 2. The zero-order chi connectivity index (χ0) is 14.5. The highest BCUT2D eigenvalue weighted by Crippen LogP contribution is 2.08. The van der Waals surface area contributed by atoms with Crippen molar-refractivity contribution in [3.63, 3.8) is 0 Å². The lowest BCUT2D eigenvalue weighted by molar-refractivity contribution is -0.129. The van der Waals surface area contributed by atoms with Gasteiger partial charge in [-0.1, -0.05) is 0 Å². The van der Waals surface area contributed by atoms with E-state index in [-0.39, 0.29) is 30.3 Å². The summed E-state index contributed by atoms with van der Waals surface area (Å²) in [5, 5.41) is 11.4. The van der Waals surface area contributed by atoms with E-state index in [0.29, 0.717) is 0 Å². The van der Waals surface area contributed by atoms with Crippen molar-refractivity contribution < 1.29 is 19.5 Å². The van der Waals surface area contributed by atoms with E-state index in [4.69, 9.17) is 5.11 Å².